The van der Waals surface area contributed by atoms with Crippen molar-refractivity contribution in [3.8, 4) is 0 Å². The second-order valence-electron chi connectivity index (χ2n) is 6.21. The highest BCUT2D eigenvalue weighted by molar-refractivity contribution is 5.94. The first kappa shape index (κ1) is 14.0. The SMILES string of the molecule is O=C(c1ccccc1)N1CCC(c2ccc3ccccc3c2)C1. The van der Waals surface area contributed by atoms with Gasteiger partial charge < -0.3 is 4.90 Å². The zero-order valence-electron chi connectivity index (χ0n) is 13.0. The minimum Gasteiger partial charge on any atom is -0.338 e. The number of likely N-dealkylation sites (tertiary alicyclic amines) is 1. The fourth-order valence-electron chi connectivity index (χ4n) is 3.44. The Morgan fingerprint density at radius 1 is 0.870 bits per heavy atom. The second kappa shape index (κ2) is 5.88. The number of rotatable bonds is 2. The molecule has 2 heteroatoms. The second-order valence-corrected chi connectivity index (χ2v) is 6.21. The van der Waals surface area contributed by atoms with Crippen molar-refractivity contribution in [2.45, 2.75) is 12.3 Å². The minimum absolute atomic E-state index is 0.147. The van der Waals surface area contributed by atoms with E-state index in [-0.39, 0.29) is 5.91 Å². The van der Waals surface area contributed by atoms with Crippen LogP contribution in [0, 0.1) is 0 Å². The molecule has 0 N–H and O–H groups in total. The summed E-state index contributed by atoms with van der Waals surface area (Å²) in [6.07, 6.45) is 1.04. The van der Waals surface area contributed by atoms with Crippen LogP contribution in [0.3, 0.4) is 0 Å². The third-order valence-corrected chi connectivity index (χ3v) is 4.74. The van der Waals surface area contributed by atoms with Crippen molar-refractivity contribution in [1.29, 1.82) is 0 Å². The summed E-state index contributed by atoms with van der Waals surface area (Å²) in [6.45, 7) is 1.65. The van der Waals surface area contributed by atoms with Crippen LogP contribution in [0.5, 0.6) is 0 Å². The highest BCUT2D eigenvalue weighted by atomic mass is 16.2. The van der Waals surface area contributed by atoms with Crippen LogP contribution in [0.1, 0.15) is 28.3 Å². The number of carbonyl (C=O) groups is 1. The highest BCUT2D eigenvalue weighted by Crippen LogP contribution is 2.30. The molecule has 0 aliphatic carbocycles. The van der Waals surface area contributed by atoms with Gasteiger partial charge in [-0.1, -0.05) is 60.7 Å². The number of hydrogen-bond acceptors (Lipinski definition) is 1. The van der Waals surface area contributed by atoms with Gasteiger partial charge in [-0.2, -0.15) is 0 Å². The van der Waals surface area contributed by atoms with Crippen LogP contribution in [-0.2, 0) is 0 Å². The van der Waals surface area contributed by atoms with Crippen LogP contribution in [0.15, 0.2) is 72.8 Å². The van der Waals surface area contributed by atoms with E-state index in [1.807, 2.05) is 35.2 Å². The largest absolute Gasteiger partial charge is 0.338 e. The van der Waals surface area contributed by atoms with Gasteiger partial charge >= 0.3 is 0 Å². The zero-order chi connectivity index (χ0) is 15.6. The molecule has 1 saturated heterocycles. The first-order valence-electron chi connectivity index (χ1n) is 8.14. The Kier molecular flexibility index (Phi) is 3.58. The molecule has 23 heavy (non-hydrogen) atoms. The van der Waals surface area contributed by atoms with Gasteiger partial charge in [-0.15, -0.1) is 0 Å². The lowest BCUT2D eigenvalue weighted by atomic mass is 9.96. The van der Waals surface area contributed by atoms with Gasteiger partial charge in [0.1, 0.15) is 0 Å². The maximum atomic E-state index is 12.6. The van der Waals surface area contributed by atoms with Crippen LogP contribution in [0.2, 0.25) is 0 Å². The maximum absolute atomic E-state index is 12.6. The Morgan fingerprint density at radius 2 is 1.61 bits per heavy atom. The number of benzene rings is 3. The smallest absolute Gasteiger partial charge is 0.253 e. The molecule has 0 aromatic heterocycles. The standard InChI is InChI=1S/C21H19NO/c23-21(17-7-2-1-3-8-17)22-13-12-20(15-22)19-11-10-16-6-4-5-9-18(16)14-19/h1-11,14,20H,12-13,15H2. The molecule has 1 amide bonds. The Labute approximate surface area is 136 Å². The van der Waals surface area contributed by atoms with E-state index in [2.05, 4.69) is 42.5 Å². The van der Waals surface area contributed by atoms with Gasteiger partial charge in [0.2, 0.25) is 0 Å². The first-order chi connectivity index (χ1) is 11.3. The van der Waals surface area contributed by atoms with Crippen LogP contribution in [0.4, 0.5) is 0 Å². The molecule has 1 unspecified atom stereocenters. The molecule has 0 bridgehead atoms. The summed E-state index contributed by atoms with van der Waals surface area (Å²) < 4.78 is 0. The van der Waals surface area contributed by atoms with Crippen molar-refractivity contribution in [3.05, 3.63) is 83.9 Å². The molecule has 1 atom stereocenters. The summed E-state index contributed by atoms with van der Waals surface area (Å²) in [4.78, 5) is 14.5. The lowest BCUT2D eigenvalue weighted by molar-refractivity contribution is 0.0791. The van der Waals surface area contributed by atoms with E-state index in [0.717, 1.165) is 25.1 Å². The average molecular weight is 301 g/mol. The van der Waals surface area contributed by atoms with E-state index in [1.165, 1.54) is 16.3 Å². The molecule has 3 aromatic carbocycles. The van der Waals surface area contributed by atoms with E-state index in [1.54, 1.807) is 0 Å². The van der Waals surface area contributed by atoms with Gasteiger partial charge in [-0.3, -0.25) is 4.79 Å². The molecule has 114 valence electrons. The lowest BCUT2D eigenvalue weighted by Gasteiger charge is -2.17. The van der Waals surface area contributed by atoms with E-state index in [0.29, 0.717) is 5.92 Å². The van der Waals surface area contributed by atoms with E-state index < -0.39 is 0 Å². The fourth-order valence-corrected chi connectivity index (χ4v) is 3.44. The van der Waals surface area contributed by atoms with Crippen LogP contribution in [-0.4, -0.2) is 23.9 Å². The molecule has 3 aromatic rings. The Balaban J connectivity index is 1.54. The predicted octanol–water partition coefficient (Wildman–Crippen LogP) is 4.47. The van der Waals surface area contributed by atoms with Crippen molar-refractivity contribution < 1.29 is 4.79 Å². The average Bonchev–Trinajstić information content (AvgIpc) is 3.11. The predicted molar refractivity (Wildman–Crippen MR) is 93.7 cm³/mol. The number of hydrogen-bond donors (Lipinski definition) is 0. The van der Waals surface area contributed by atoms with Crippen molar-refractivity contribution in [3.63, 3.8) is 0 Å². The molecule has 1 aliphatic heterocycles. The number of carbonyl (C=O) groups excluding carboxylic acids is 1. The third-order valence-electron chi connectivity index (χ3n) is 4.74. The normalized spacial score (nSPS) is 17.6. The van der Waals surface area contributed by atoms with Crippen molar-refractivity contribution in [2.24, 2.45) is 0 Å². The first-order valence-corrected chi connectivity index (χ1v) is 8.14. The Bertz CT molecular complexity index is 841. The van der Waals surface area contributed by atoms with E-state index in [9.17, 15) is 4.79 Å². The molecule has 1 fully saturated rings. The van der Waals surface area contributed by atoms with E-state index in [4.69, 9.17) is 0 Å². The molecule has 0 radical (unpaired) electrons. The van der Waals surface area contributed by atoms with Crippen molar-refractivity contribution in [2.75, 3.05) is 13.1 Å². The van der Waals surface area contributed by atoms with Gasteiger partial charge in [0.05, 0.1) is 0 Å². The van der Waals surface area contributed by atoms with Crippen molar-refractivity contribution in [1.82, 2.24) is 4.90 Å². The van der Waals surface area contributed by atoms with Crippen LogP contribution >= 0.6 is 0 Å². The molecule has 1 aliphatic rings. The summed E-state index contributed by atoms with van der Waals surface area (Å²) in [6, 6.07) is 24.7. The fraction of sp³-hybridized carbons (Fsp3) is 0.190. The Morgan fingerprint density at radius 3 is 2.43 bits per heavy atom. The molecular formula is C21H19NO. The van der Waals surface area contributed by atoms with Crippen LogP contribution in [0.25, 0.3) is 10.8 Å². The summed E-state index contributed by atoms with van der Waals surface area (Å²) in [5.41, 5.74) is 2.12. The quantitative estimate of drug-likeness (QED) is 0.684. The summed E-state index contributed by atoms with van der Waals surface area (Å²) in [5.74, 6) is 0.584. The highest BCUT2D eigenvalue weighted by Gasteiger charge is 2.27. The summed E-state index contributed by atoms with van der Waals surface area (Å²) >= 11 is 0. The molecule has 4 rings (SSSR count). The van der Waals surface area contributed by atoms with Gasteiger partial charge in [0.25, 0.3) is 5.91 Å². The van der Waals surface area contributed by atoms with E-state index >= 15 is 0 Å². The van der Waals surface area contributed by atoms with Crippen molar-refractivity contribution >= 4 is 16.7 Å². The molecule has 0 saturated carbocycles. The van der Waals surface area contributed by atoms with Gasteiger partial charge in [-0.05, 0) is 34.9 Å². The number of fused-ring (bicyclic) bond motifs is 1. The molecule has 2 nitrogen and oxygen atoms in total. The molecule has 1 heterocycles. The Hall–Kier alpha value is -2.61. The molecule has 0 spiro atoms. The van der Waals surface area contributed by atoms with Gasteiger partial charge in [0.15, 0.2) is 0 Å². The van der Waals surface area contributed by atoms with Gasteiger partial charge in [0, 0.05) is 24.6 Å². The van der Waals surface area contributed by atoms with Crippen LogP contribution < -0.4 is 0 Å². The monoisotopic (exact) mass is 301 g/mol. The third kappa shape index (κ3) is 2.72. The zero-order valence-corrected chi connectivity index (χ0v) is 13.0. The van der Waals surface area contributed by atoms with Gasteiger partial charge in [-0.25, -0.2) is 0 Å². The number of nitrogens with zero attached hydrogens (tertiary/aromatic N) is 1. The topological polar surface area (TPSA) is 20.3 Å². The number of amides is 1. The molecular weight excluding hydrogens is 282 g/mol. The maximum Gasteiger partial charge on any atom is 0.253 e. The summed E-state index contributed by atoms with van der Waals surface area (Å²) in [7, 11) is 0. The minimum atomic E-state index is 0.147. The summed E-state index contributed by atoms with van der Waals surface area (Å²) in [5, 5.41) is 2.55. The lowest BCUT2D eigenvalue weighted by Crippen LogP contribution is -2.28.